The molecule has 0 heterocycles. The zero-order valence-corrected chi connectivity index (χ0v) is 15.1. The number of rotatable bonds is 10. The normalized spacial score (nSPS) is 11.6. The number of carbonyl (C=O) groups excluding carboxylic acids is 2. The van der Waals surface area contributed by atoms with Crippen molar-refractivity contribution in [2.75, 3.05) is 19.7 Å². The van der Waals surface area contributed by atoms with Crippen molar-refractivity contribution in [1.29, 1.82) is 0 Å². The predicted octanol–water partition coefficient (Wildman–Crippen LogP) is 2.63. The van der Waals surface area contributed by atoms with Gasteiger partial charge in [0.2, 0.25) is 11.8 Å². The molecule has 26 heavy (non-hydrogen) atoms. The molecule has 1 unspecified atom stereocenters. The third-order valence-electron chi connectivity index (χ3n) is 3.93. The number of benzene rings is 2. The molecule has 2 aromatic rings. The third-order valence-corrected chi connectivity index (χ3v) is 3.93. The van der Waals surface area contributed by atoms with E-state index < -0.39 is 0 Å². The van der Waals surface area contributed by atoms with Crippen LogP contribution < -0.4 is 10.6 Å². The highest BCUT2D eigenvalue weighted by molar-refractivity contribution is 5.85. The molecule has 2 rings (SSSR count). The molecule has 0 saturated carbocycles. The van der Waals surface area contributed by atoms with Crippen LogP contribution in [-0.4, -0.2) is 31.5 Å². The number of hydrogen-bond acceptors (Lipinski definition) is 3. The summed E-state index contributed by atoms with van der Waals surface area (Å²) in [6.07, 6.45) is 1.03. The van der Waals surface area contributed by atoms with Gasteiger partial charge in [-0.1, -0.05) is 60.7 Å². The van der Waals surface area contributed by atoms with Crippen LogP contribution >= 0.6 is 0 Å². The Morgan fingerprint density at radius 3 is 2.27 bits per heavy atom. The number of ether oxygens (including phenoxy) is 1. The van der Waals surface area contributed by atoms with Crippen molar-refractivity contribution >= 4 is 11.8 Å². The molecule has 138 valence electrons. The zero-order chi connectivity index (χ0) is 18.6. The standard InChI is InChI=1S/C21H26N2O3/c1-17(19-11-6-3-7-12-19)26-14-8-13-22-21(25)16-23-20(24)15-18-9-4-2-5-10-18/h2-7,9-12,17H,8,13-16H2,1H3,(H,22,25)(H,23,24). The topological polar surface area (TPSA) is 67.4 Å². The maximum absolute atomic E-state index is 11.8. The van der Waals surface area contributed by atoms with Gasteiger partial charge in [-0.3, -0.25) is 9.59 Å². The molecule has 0 saturated heterocycles. The van der Waals surface area contributed by atoms with E-state index in [1.165, 1.54) is 0 Å². The van der Waals surface area contributed by atoms with Crippen LogP contribution in [0.25, 0.3) is 0 Å². The van der Waals surface area contributed by atoms with Gasteiger partial charge in [0.1, 0.15) is 0 Å². The lowest BCUT2D eigenvalue weighted by Crippen LogP contribution is -2.38. The van der Waals surface area contributed by atoms with Crippen molar-refractivity contribution in [3.8, 4) is 0 Å². The Morgan fingerprint density at radius 1 is 0.923 bits per heavy atom. The summed E-state index contributed by atoms with van der Waals surface area (Å²) in [4.78, 5) is 23.5. The zero-order valence-electron chi connectivity index (χ0n) is 15.1. The van der Waals surface area contributed by atoms with E-state index in [2.05, 4.69) is 10.6 Å². The molecule has 2 N–H and O–H groups in total. The van der Waals surface area contributed by atoms with Gasteiger partial charge in [0.05, 0.1) is 19.1 Å². The molecule has 1 atom stereocenters. The maximum Gasteiger partial charge on any atom is 0.239 e. The molecular formula is C21H26N2O3. The minimum atomic E-state index is -0.192. The SMILES string of the molecule is CC(OCCCNC(=O)CNC(=O)Cc1ccccc1)c1ccccc1. The fourth-order valence-electron chi connectivity index (χ4n) is 2.47. The second-order valence-corrected chi connectivity index (χ2v) is 6.07. The van der Waals surface area contributed by atoms with Crippen molar-refractivity contribution in [3.05, 3.63) is 71.8 Å². The lowest BCUT2D eigenvalue weighted by molar-refractivity contribution is -0.125. The predicted molar refractivity (Wildman–Crippen MR) is 102 cm³/mol. The van der Waals surface area contributed by atoms with Crippen LogP contribution in [0.5, 0.6) is 0 Å². The van der Waals surface area contributed by atoms with Crippen LogP contribution in [0.3, 0.4) is 0 Å². The molecule has 0 fully saturated rings. The lowest BCUT2D eigenvalue weighted by atomic mass is 10.1. The summed E-state index contributed by atoms with van der Waals surface area (Å²) >= 11 is 0. The molecule has 0 radical (unpaired) electrons. The molecule has 2 amide bonds. The molecule has 0 aliphatic carbocycles. The van der Waals surface area contributed by atoms with Crippen LogP contribution in [0, 0.1) is 0 Å². The number of carbonyl (C=O) groups is 2. The molecule has 5 heteroatoms. The quantitative estimate of drug-likeness (QED) is 0.645. The summed E-state index contributed by atoms with van der Waals surface area (Å²) in [6, 6.07) is 19.5. The average molecular weight is 354 g/mol. The van der Waals surface area contributed by atoms with E-state index in [9.17, 15) is 9.59 Å². The van der Waals surface area contributed by atoms with Gasteiger partial charge in [-0.15, -0.1) is 0 Å². The van der Waals surface area contributed by atoms with Gasteiger partial charge >= 0.3 is 0 Å². The van der Waals surface area contributed by atoms with E-state index in [1.54, 1.807) is 0 Å². The van der Waals surface area contributed by atoms with Crippen LogP contribution in [0.15, 0.2) is 60.7 Å². The second kappa shape index (κ2) is 11.1. The number of nitrogens with one attached hydrogen (secondary N) is 2. The Morgan fingerprint density at radius 2 is 1.58 bits per heavy atom. The smallest absolute Gasteiger partial charge is 0.239 e. The second-order valence-electron chi connectivity index (χ2n) is 6.07. The first-order valence-corrected chi connectivity index (χ1v) is 8.89. The molecule has 0 spiro atoms. The van der Waals surface area contributed by atoms with Gasteiger partial charge in [0.15, 0.2) is 0 Å². The first-order chi connectivity index (χ1) is 12.6. The first kappa shape index (κ1) is 19.7. The maximum atomic E-state index is 11.8. The Labute approximate surface area is 154 Å². The summed E-state index contributed by atoms with van der Waals surface area (Å²) < 4.78 is 5.75. The monoisotopic (exact) mass is 354 g/mol. The minimum absolute atomic E-state index is 0.00700. The Bertz CT molecular complexity index is 674. The van der Waals surface area contributed by atoms with Crippen molar-refractivity contribution < 1.29 is 14.3 Å². The van der Waals surface area contributed by atoms with E-state index in [-0.39, 0.29) is 30.9 Å². The highest BCUT2D eigenvalue weighted by atomic mass is 16.5. The van der Waals surface area contributed by atoms with Crippen LogP contribution in [-0.2, 0) is 20.7 Å². The fourth-order valence-corrected chi connectivity index (χ4v) is 2.47. The number of amides is 2. The van der Waals surface area contributed by atoms with Gasteiger partial charge in [0, 0.05) is 13.2 Å². The van der Waals surface area contributed by atoms with E-state index in [0.717, 1.165) is 17.5 Å². The fraction of sp³-hybridized carbons (Fsp3) is 0.333. The van der Waals surface area contributed by atoms with E-state index in [0.29, 0.717) is 13.2 Å². The highest BCUT2D eigenvalue weighted by Gasteiger charge is 2.07. The summed E-state index contributed by atoms with van der Waals surface area (Å²) in [5.74, 6) is -0.353. The van der Waals surface area contributed by atoms with Gasteiger partial charge in [-0.2, -0.15) is 0 Å². The van der Waals surface area contributed by atoms with Gasteiger partial charge in [-0.05, 0) is 24.5 Å². The molecular weight excluding hydrogens is 328 g/mol. The average Bonchev–Trinajstić information content (AvgIpc) is 2.67. The van der Waals surface area contributed by atoms with Crippen molar-refractivity contribution in [2.45, 2.75) is 25.9 Å². The highest BCUT2D eigenvalue weighted by Crippen LogP contribution is 2.15. The molecule has 5 nitrogen and oxygen atoms in total. The summed E-state index contributed by atoms with van der Waals surface area (Å²) in [7, 11) is 0. The van der Waals surface area contributed by atoms with E-state index in [1.807, 2.05) is 67.6 Å². The third kappa shape index (κ3) is 7.49. The summed E-state index contributed by atoms with van der Waals surface area (Å²) in [6.45, 7) is 3.09. The summed E-state index contributed by atoms with van der Waals surface area (Å²) in [5.41, 5.74) is 2.06. The van der Waals surface area contributed by atoms with Gasteiger partial charge in [0.25, 0.3) is 0 Å². The first-order valence-electron chi connectivity index (χ1n) is 8.89. The van der Waals surface area contributed by atoms with Crippen molar-refractivity contribution in [3.63, 3.8) is 0 Å². The van der Waals surface area contributed by atoms with E-state index in [4.69, 9.17) is 4.74 Å². The largest absolute Gasteiger partial charge is 0.374 e. The Kier molecular flexibility index (Phi) is 8.36. The lowest BCUT2D eigenvalue weighted by Gasteiger charge is -2.13. The van der Waals surface area contributed by atoms with Crippen molar-refractivity contribution in [2.24, 2.45) is 0 Å². The molecule has 0 bridgehead atoms. The minimum Gasteiger partial charge on any atom is -0.374 e. The molecule has 2 aromatic carbocycles. The Hall–Kier alpha value is -2.66. The van der Waals surface area contributed by atoms with Crippen LogP contribution in [0.4, 0.5) is 0 Å². The molecule has 0 aliphatic heterocycles. The molecule has 0 aliphatic rings. The van der Waals surface area contributed by atoms with Crippen LogP contribution in [0.1, 0.15) is 30.6 Å². The molecule has 0 aromatic heterocycles. The number of hydrogen-bond donors (Lipinski definition) is 2. The van der Waals surface area contributed by atoms with Crippen molar-refractivity contribution in [1.82, 2.24) is 10.6 Å². The van der Waals surface area contributed by atoms with Gasteiger partial charge < -0.3 is 15.4 Å². The van der Waals surface area contributed by atoms with Crippen LogP contribution in [0.2, 0.25) is 0 Å². The van der Waals surface area contributed by atoms with Gasteiger partial charge in [-0.25, -0.2) is 0 Å². The summed E-state index contributed by atoms with van der Waals surface area (Å²) in [5, 5.41) is 5.41. The van der Waals surface area contributed by atoms with E-state index >= 15 is 0 Å². The Balaban J connectivity index is 1.53.